The van der Waals surface area contributed by atoms with E-state index in [-0.39, 0.29) is 6.04 Å². The van der Waals surface area contributed by atoms with Crippen molar-refractivity contribution in [3.8, 4) is 0 Å². The first-order valence-electron chi connectivity index (χ1n) is 6.25. The van der Waals surface area contributed by atoms with Gasteiger partial charge < -0.3 is 4.74 Å². The van der Waals surface area contributed by atoms with Crippen molar-refractivity contribution in [2.45, 2.75) is 19.5 Å². The number of hydrazine groups is 1. The van der Waals surface area contributed by atoms with Gasteiger partial charge in [0, 0.05) is 25.9 Å². The third kappa shape index (κ3) is 2.93. The number of aryl methyl sites for hydroxylation is 2. The van der Waals surface area contributed by atoms with Crippen molar-refractivity contribution in [3.63, 3.8) is 0 Å². The number of aromatic nitrogens is 4. The van der Waals surface area contributed by atoms with Gasteiger partial charge in [0.15, 0.2) is 0 Å². The monoisotopic (exact) mass is 342 g/mol. The first-order chi connectivity index (χ1) is 9.58. The Morgan fingerprint density at radius 1 is 1.55 bits per heavy atom. The lowest BCUT2D eigenvalue weighted by molar-refractivity contribution is 0.182. The summed E-state index contributed by atoms with van der Waals surface area (Å²) in [5.41, 5.74) is 5.76. The zero-order valence-corrected chi connectivity index (χ0v) is 13.4. The Bertz CT molecular complexity index is 579. The minimum absolute atomic E-state index is 0.183. The molecular weight excluding hydrogens is 324 g/mol. The summed E-state index contributed by atoms with van der Waals surface area (Å²) in [5.74, 6) is 5.76. The second-order valence-electron chi connectivity index (χ2n) is 4.54. The average Bonchev–Trinajstić information content (AvgIpc) is 2.93. The molecule has 7 nitrogen and oxygen atoms in total. The fourth-order valence-electron chi connectivity index (χ4n) is 2.23. The molecule has 0 saturated heterocycles. The molecule has 1 unspecified atom stereocenters. The number of hydrogen-bond donors (Lipinski definition) is 2. The number of ether oxygens (including phenoxy) is 1. The van der Waals surface area contributed by atoms with Crippen molar-refractivity contribution in [2.75, 3.05) is 13.7 Å². The number of rotatable bonds is 6. The van der Waals surface area contributed by atoms with Crippen LogP contribution in [0.2, 0.25) is 0 Å². The summed E-state index contributed by atoms with van der Waals surface area (Å²) in [6, 6.07) is -0.183. The molecule has 20 heavy (non-hydrogen) atoms. The minimum atomic E-state index is -0.183. The Hall–Kier alpha value is -1.22. The highest BCUT2D eigenvalue weighted by Gasteiger charge is 2.24. The fraction of sp³-hybridized carbons (Fsp3) is 0.500. The van der Waals surface area contributed by atoms with Gasteiger partial charge in [-0.3, -0.25) is 15.2 Å². The highest BCUT2D eigenvalue weighted by atomic mass is 79.9. The second-order valence-corrected chi connectivity index (χ2v) is 5.39. The van der Waals surface area contributed by atoms with Gasteiger partial charge in [-0.05, 0) is 22.9 Å². The van der Waals surface area contributed by atoms with Gasteiger partial charge in [-0.15, -0.1) is 0 Å². The van der Waals surface area contributed by atoms with E-state index in [0.717, 1.165) is 21.4 Å². The zero-order valence-electron chi connectivity index (χ0n) is 11.8. The smallest absolute Gasteiger partial charge is 0.0922 e. The molecule has 2 aromatic rings. The van der Waals surface area contributed by atoms with Gasteiger partial charge >= 0.3 is 0 Å². The van der Waals surface area contributed by atoms with Crippen molar-refractivity contribution in [2.24, 2.45) is 12.9 Å². The molecule has 0 aliphatic heterocycles. The van der Waals surface area contributed by atoms with Crippen molar-refractivity contribution >= 4 is 15.9 Å². The highest BCUT2D eigenvalue weighted by molar-refractivity contribution is 9.10. The van der Waals surface area contributed by atoms with Gasteiger partial charge in [-0.2, -0.15) is 10.2 Å². The molecule has 110 valence electrons. The number of hydrogen-bond acceptors (Lipinski definition) is 5. The third-order valence-electron chi connectivity index (χ3n) is 3.14. The summed E-state index contributed by atoms with van der Waals surface area (Å²) in [5, 5.41) is 8.71. The van der Waals surface area contributed by atoms with Crippen LogP contribution in [0.5, 0.6) is 0 Å². The van der Waals surface area contributed by atoms with Crippen molar-refractivity contribution < 1.29 is 4.74 Å². The summed E-state index contributed by atoms with van der Waals surface area (Å²) >= 11 is 3.53. The minimum Gasteiger partial charge on any atom is -0.383 e. The maximum atomic E-state index is 5.76. The molecule has 2 heterocycles. The van der Waals surface area contributed by atoms with Crippen LogP contribution in [-0.2, 0) is 18.3 Å². The third-order valence-corrected chi connectivity index (χ3v) is 3.75. The summed E-state index contributed by atoms with van der Waals surface area (Å²) in [6.07, 6.45) is 3.72. The quantitative estimate of drug-likeness (QED) is 0.601. The van der Waals surface area contributed by atoms with Crippen LogP contribution in [0.3, 0.4) is 0 Å². The molecule has 2 rings (SSSR count). The molecule has 8 heteroatoms. The van der Waals surface area contributed by atoms with Crippen LogP contribution in [0.1, 0.15) is 23.0 Å². The van der Waals surface area contributed by atoms with Gasteiger partial charge in [0.05, 0.1) is 41.3 Å². The second kappa shape index (κ2) is 6.49. The van der Waals surface area contributed by atoms with Crippen LogP contribution in [0.15, 0.2) is 16.9 Å². The predicted octanol–water partition coefficient (Wildman–Crippen LogP) is 0.887. The molecule has 0 amide bonds. The van der Waals surface area contributed by atoms with Gasteiger partial charge in [0.25, 0.3) is 0 Å². The number of methoxy groups -OCH3 is 1. The first-order valence-corrected chi connectivity index (χ1v) is 7.04. The van der Waals surface area contributed by atoms with Crippen molar-refractivity contribution in [1.29, 1.82) is 0 Å². The molecule has 0 spiro atoms. The Kier molecular flexibility index (Phi) is 4.92. The summed E-state index contributed by atoms with van der Waals surface area (Å²) in [4.78, 5) is 0. The van der Waals surface area contributed by atoms with E-state index in [1.54, 1.807) is 18.0 Å². The summed E-state index contributed by atoms with van der Waals surface area (Å²) in [6.45, 7) is 3.21. The van der Waals surface area contributed by atoms with Crippen LogP contribution >= 0.6 is 15.9 Å². The Morgan fingerprint density at radius 2 is 2.30 bits per heavy atom. The van der Waals surface area contributed by atoms with Crippen LogP contribution in [0, 0.1) is 6.92 Å². The van der Waals surface area contributed by atoms with E-state index in [1.807, 2.05) is 24.9 Å². The molecule has 0 aliphatic carbocycles. The van der Waals surface area contributed by atoms with E-state index in [2.05, 4.69) is 31.6 Å². The molecule has 0 fully saturated rings. The number of nitrogens with one attached hydrogen (secondary N) is 1. The van der Waals surface area contributed by atoms with E-state index in [1.165, 1.54) is 0 Å². The van der Waals surface area contributed by atoms with Crippen LogP contribution in [0.4, 0.5) is 0 Å². The fourth-order valence-corrected chi connectivity index (χ4v) is 2.76. The maximum Gasteiger partial charge on any atom is 0.0922 e. The molecule has 0 aromatic carbocycles. The van der Waals surface area contributed by atoms with E-state index in [9.17, 15) is 0 Å². The number of nitrogens with zero attached hydrogens (tertiary/aromatic N) is 4. The van der Waals surface area contributed by atoms with E-state index < -0.39 is 0 Å². The first kappa shape index (κ1) is 15.2. The lowest BCUT2D eigenvalue weighted by Crippen LogP contribution is -2.31. The van der Waals surface area contributed by atoms with Gasteiger partial charge in [0.2, 0.25) is 0 Å². The van der Waals surface area contributed by atoms with E-state index >= 15 is 0 Å². The van der Waals surface area contributed by atoms with Crippen molar-refractivity contribution in [3.05, 3.63) is 33.8 Å². The lowest BCUT2D eigenvalue weighted by atomic mass is 10.1. The van der Waals surface area contributed by atoms with Crippen LogP contribution in [-0.4, -0.2) is 33.3 Å². The predicted molar refractivity (Wildman–Crippen MR) is 78.9 cm³/mol. The molecule has 2 aromatic heterocycles. The normalized spacial score (nSPS) is 12.8. The molecule has 3 N–H and O–H groups in total. The standard InChI is InChI=1S/C12H19BrN6O/c1-8-9(7-18(2)17-8)11(16-14)12-10(13)6-15-19(12)4-5-20-3/h6-7,11,16H,4-5,14H2,1-3H3. The molecule has 0 radical (unpaired) electrons. The summed E-state index contributed by atoms with van der Waals surface area (Å²) in [7, 11) is 3.56. The van der Waals surface area contributed by atoms with Gasteiger partial charge in [-0.25, -0.2) is 5.43 Å². The molecule has 0 aliphatic rings. The van der Waals surface area contributed by atoms with Crippen molar-refractivity contribution in [1.82, 2.24) is 25.0 Å². The molecule has 1 atom stereocenters. The lowest BCUT2D eigenvalue weighted by Gasteiger charge is -2.18. The Labute approximate surface area is 126 Å². The topological polar surface area (TPSA) is 82.9 Å². The zero-order chi connectivity index (χ0) is 14.7. The van der Waals surface area contributed by atoms with Crippen LogP contribution in [0.25, 0.3) is 0 Å². The average molecular weight is 343 g/mol. The number of halogens is 1. The Balaban J connectivity index is 2.41. The SMILES string of the molecule is COCCn1ncc(Br)c1C(NN)c1cn(C)nc1C. The largest absolute Gasteiger partial charge is 0.383 e. The van der Waals surface area contributed by atoms with E-state index in [0.29, 0.717) is 13.2 Å². The van der Waals surface area contributed by atoms with E-state index in [4.69, 9.17) is 10.6 Å². The highest BCUT2D eigenvalue weighted by Crippen LogP contribution is 2.29. The molecule has 0 bridgehead atoms. The number of nitrogens with two attached hydrogens (primary N) is 1. The summed E-state index contributed by atoms with van der Waals surface area (Å²) < 4.78 is 9.67. The van der Waals surface area contributed by atoms with Crippen LogP contribution < -0.4 is 11.3 Å². The molecule has 0 saturated carbocycles. The maximum absolute atomic E-state index is 5.76. The Morgan fingerprint density at radius 3 is 2.85 bits per heavy atom. The molecular formula is C12H19BrN6O. The van der Waals surface area contributed by atoms with Gasteiger partial charge in [-0.1, -0.05) is 0 Å². The van der Waals surface area contributed by atoms with Gasteiger partial charge in [0.1, 0.15) is 0 Å².